The van der Waals surface area contributed by atoms with E-state index in [0.717, 1.165) is 25.7 Å². The minimum absolute atomic E-state index is 0.0198. The maximum atomic E-state index is 13.4. The Kier molecular flexibility index (Phi) is 5.81. The van der Waals surface area contributed by atoms with E-state index in [2.05, 4.69) is 5.32 Å². The smallest absolute Gasteiger partial charge is 0.261 e. The number of benzene rings is 2. The van der Waals surface area contributed by atoms with E-state index >= 15 is 0 Å². The first-order chi connectivity index (χ1) is 16.5. The van der Waals surface area contributed by atoms with E-state index in [9.17, 15) is 19.2 Å². The van der Waals surface area contributed by atoms with Crippen LogP contribution >= 0.6 is 0 Å². The second-order valence-electron chi connectivity index (χ2n) is 9.15. The summed E-state index contributed by atoms with van der Waals surface area (Å²) in [6.07, 6.45) is 3.57. The van der Waals surface area contributed by atoms with Gasteiger partial charge in [0.1, 0.15) is 5.75 Å². The molecule has 176 valence electrons. The molecule has 1 saturated heterocycles. The number of hydrogen-bond donors (Lipinski definition) is 1. The molecule has 2 aliphatic heterocycles. The second kappa shape index (κ2) is 8.93. The van der Waals surface area contributed by atoms with Gasteiger partial charge >= 0.3 is 0 Å². The maximum Gasteiger partial charge on any atom is 0.261 e. The molecule has 4 amide bonds. The summed E-state index contributed by atoms with van der Waals surface area (Å²) in [4.78, 5) is 54.4. The fourth-order valence-electron chi connectivity index (χ4n) is 4.68. The average Bonchev–Trinajstić information content (AvgIpc) is 3.66. The lowest BCUT2D eigenvalue weighted by Gasteiger charge is -2.32. The van der Waals surface area contributed by atoms with E-state index in [1.165, 1.54) is 12.0 Å². The summed E-state index contributed by atoms with van der Waals surface area (Å²) in [5.74, 6) is -0.683. The van der Waals surface area contributed by atoms with Gasteiger partial charge in [0.25, 0.3) is 17.7 Å². The highest BCUT2D eigenvalue weighted by molar-refractivity contribution is 6.21. The maximum absolute atomic E-state index is 13.4. The molecular weight excluding hydrogens is 434 g/mol. The van der Waals surface area contributed by atoms with E-state index < -0.39 is 0 Å². The fraction of sp³-hybridized carbons (Fsp3) is 0.385. The number of carbonyl (C=O) groups is 4. The molecule has 0 aromatic heterocycles. The van der Waals surface area contributed by atoms with Crippen molar-refractivity contribution in [2.24, 2.45) is 5.92 Å². The first-order valence-corrected chi connectivity index (χ1v) is 11.7. The van der Waals surface area contributed by atoms with Crippen molar-refractivity contribution in [3.05, 3.63) is 64.7 Å². The molecule has 8 heteroatoms. The van der Waals surface area contributed by atoms with E-state index in [1.54, 1.807) is 47.4 Å². The van der Waals surface area contributed by atoms with E-state index in [0.29, 0.717) is 41.1 Å². The molecule has 34 heavy (non-hydrogen) atoms. The lowest BCUT2D eigenvalue weighted by atomic mass is 9.96. The van der Waals surface area contributed by atoms with Gasteiger partial charge in [-0.1, -0.05) is 18.2 Å². The second-order valence-corrected chi connectivity index (χ2v) is 9.15. The van der Waals surface area contributed by atoms with Gasteiger partial charge in [-0.25, -0.2) is 0 Å². The van der Waals surface area contributed by atoms with Crippen LogP contribution in [0.4, 0.5) is 0 Å². The number of piperidine rings is 1. The number of hydrogen-bond acceptors (Lipinski definition) is 5. The van der Waals surface area contributed by atoms with Gasteiger partial charge in [-0.3, -0.25) is 24.1 Å². The van der Waals surface area contributed by atoms with Crippen molar-refractivity contribution < 1.29 is 23.9 Å². The van der Waals surface area contributed by atoms with Crippen molar-refractivity contribution in [2.45, 2.75) is 38.3 Å². The molecule has 1 saturated carbocycles. The van der Waals surface area contributed by atoms with Crippen molar-refractivity contribution in [3.8, 4) is 5.75 Å². The highest BCUT2D eigenvalue weighted by Crippen LogP contribution is 2.29. The van der Waals surface area contributed by atoms with Gasteiger partial charge < -0.3 is 15.0 Å². The third-order valence-corrected chi connectivity index (χ3v) is 6.72. The average molecular weight is 462 g/mol. The minimum atomic E-state index is -0.343. The number of nitrogens with zero attached hydrogens (tertiary/aromatic N) is 2. The Hall–Kier alpha value is -3.68. The Labute approximate surface area is 197 Å². The highest BCUT2D eigenvalue weighted by atomic mass is 16.5. The van der Waals surface area contributed by atoms with Crippen LogP contribution in [0.1, 0.15) is 62.3 Å². The molecule has 1 aliphatic carbocycles. The molecule has 2 heterocycles. The molecule has 0 bridgehead atoms. The third kappa shape index (κ3) is 4.16. The van der Waals surface area contributed by atoms with Crippen LogP contribution in [-0.2, 0) is 11.3 Å². The molecule has 1 atom stereocenters. The fourth-order valence-corrected chi connectivity index (χ4v) is 4.68. The SMILES string of the molecule is COc1ccc(CN2C(=O)c3ccccc3C2=O)cc1C(=O)N1CCCC(C(=O)NC2CC2)C1. The summed E-state index contributed by atoms with van der Waals surface area (Å²) >= 11 is 0. The first kappa shape index (κ1) is 22.1. The number of ether oxygens (including phenoxy) is 1. The molecule has 2 aromatic rings. The number of fused-ring (bicyclic) bond motifs is 1. The van der Waals surface area contributed by atoms with E-state index in [4.69, 9.17) is 4.74 Å². The molecule has 2 fully saturated rings. The van der Waals surface area contributed by atoms with Crippen LogP contribution in [0.25, 0.3) is 0 Å². The Balaban J connectivity index is 1.34. The van der Waals surface area contributed by atoms with E-state index in [1.807, 2.05) is 0 Å². The summed E-state index contributed by atoms with van der Waals surface area (Å²) in [5, 5.41) is 3.04. The van der Waals surface area contributed by atoms with Crippen molar-refractivity contribution in [1.82, 2.24) is 15.1 Å². The Morgan fingerprint density at radius 2 is 1.74 bits per heavy atom. The quantitative estimate of drug-likeness (QED) is 0.668. The lowest BCUT2D eigenvalue weighted by molar-refractivity contribution is -0.126. The molecule has 0 spiro atoms. The van der Waals surface area contributed by atoms with Crippen LogP contribution in [-0.4, -0.2) is 59.7 Å². The summed E-state index contributed by atoms with van der Waals surface area (Å²) in [6.45, 7) is 0.990. The molecule has 8 nitrogen and oxygen atoms in total. The Morgan fingerprint density at radius 3 is 2.38 bits per heavy atom. The standard InChI is InChI=1S/C26H27N3O5/c1-34-22-11-8-16(14-29-25(32)19-6-2-3-7-20(19)26(29)33)13-21(22)24(31)28-12-4-5-17(15-28)23(30)27-18-9-10-18/h2-3,6-8,11,13,17-18H,4-5,9-10,12,14-15H2,1H3,(H,27,30). The monoisotopic (exact) mass is 461 g/mol. The molecular formula is C26H27N3O5. The molecule has 0 radical (unpaired) electrons. The van der Waals surface area contributed by atoms with E-state index in [-0.39, 0.29) is 42.1 Å². The van der Waals surface area contributed by atoms with Crippen LogP contribution in [0.3, 0.4) is 0 Å². The van der Waals surface area contributed by atoms with Gasteiger partial charge in [-0.2, -0.15) is 0 Å². The number of imide groups is 1. The summed E-state index contributed by atoms with van der Waals surface area (Å²) in [7, 11) is 1.50. The topological polar surface area (TPSA) is 96.0 Å². The van der Waals surface area contributed by atoms with Crippen LogP contribution in [0, 0.1) is 5.92 Å². The van der Waals surface area contributed by atoms with Gasteiger partial charge in [-0.05, 0) is 55.5 Å². The first-order valence-electron chi connectivity index (χ1n) is 11.7. The van der Waals surface area contributed by atoms with Crippen molar-refractivity contribution in [3.63, 3.8) is 0 Å². The predicted molar refractivity (Wildman–Crippen MR) is 123 cm³/mol. The third-order valence-electron chi connectivity index (χ3n) is 6.72. The van der Waals surface area contributed by atoms with Gasteiger partial charge in [0.05, 0.1) is 36.3 Å². The van der Waals surface area contributed by atoms with Gasteiger partial charge in [0.2, 0.25) is 5.91 Å². The molecule has 3 aliphatic rings. The number of rotatable bonds is 6. The van der Waals surface area contributed by atoms with Crippen molar-refractivity contribution in [1.29, 1.82) is 0 Å². The zero-order valence-electron chi connectivity index (χ0n) is 19.1. The molecule has 1 unspecified atom stereocenters. The molecule has 2 aromatic carbocycles. The Bertz CT molecular complexity index is 1140. The highest BCUT2D eigenvalue weighted by Gasteiger charge is 2.36. The van der Waals surface area contributed by atoms with Crippen molar-refractivity contribution in [2.75, 3.05) is 20.2 Å². The van der Waals surface area contributed by atoms with Crippen LogP contribution < -0.4 is 10.1 Å². The zero-order valence-corrected chi connectivity index (χ0v) is 19.1. The predicted octanol–water partition coefficient (Wildman–Crippen LogP) is 2.62. The van der Waals surface area contributed by atoms with Crippen molar-refractivity contribution >= 4 is 23.6 Å². The zero-order chi connectivity index (χ0) is 23.8. The van der Waals surface area contributed by atoms with Crippen LogP contribution in [0.5, 0.6) is 5.75 Å². The van der Waals surface area contributed by atoms with Gasteiger partial charge in [-0.15, -0.1) is 0 Å². The van der Waals surface area contributed by atoms with Gasteiger partial charge in [0.15, 0.2) is 0 Å². The normalized spacial score (nSPS) is 19.7. The molecule has 5 rings (SSSR count). The summed E-state index contributed by atoms with van der Waals surface area (Å²) in [6, 6.07) is 12.2. The number of likely N-dealkylation sites (tertiary alicyclic amines) is 1. The number of carbonyl (C=O) groups excluding carboxylic acids is 4. The lowest BCUT2D eigenvalue weighted by Crippen LogP contribution is -2.46. The molecule has 1 N–H and O–H groups in total. The number of nitrogens with one attached hydrogen (secondary N) is 1. The largest absolute Gasteiger partial charge is 0.496 e. The van der Waals surface area contributed by atoms with Crippen LogP contribution in [0.15, 0.2) is 42.5 Å². The summed E-state index contributed by atoms with van der Waals surface area (Å²) in [5.41, 5.74) is 1.79. The minimum Gasteiger partial charge on any atom is -0.496 e. The van der Waals surface area contributed by atoms with Gasteiger partial charge in [0, 0.05) is 19.1 Å². The van der Waals surface area contributed by atoms with Crippen LogP contribution in [0.2, 0.25) is 0 Å². The number of amides is 4. The Morgan fingerprint density at radius 1 is 1.03 bits per heavy atom. The summed E-state index contributed by atoms with van der Waals surface area (Å²) < 4.78 is 5.44. The number of methoxy groups -OCH3 is 1.